The van der Waals surface area contributed by atoms with Crippen molar-refractivity contribution < 1.29 is 0 Å². The van der Waals surface area contributed by atoms with Crippen molar-refractivity contribution in [2.75, 3.05) is 11.9 Å². The molecular weight excluding hydrogens is 230 g/mol. The van der Waals surface area contributed by atoms with Crippen LogP contribution in [0.3, 0.4) is 0 Å². The van der Waals surface area contributed by atoms with Crippen LogP contribution in [0.1, 0.15) is 36.5 Å². The standard InChI is InChI=1S/C13H17N3S/c1-3-10-15-12(14-4-2)11-8-6-5-7-9(8)17-13(11)16-10/h3-7H2,1-2H3,(H,14,15,16). The molecule has 17 heavy (non-hydrogen) atoms. The minimum atomic E-state index is 0.900. The smallest absolute Gasteiger partial charge is 0.138 e. The number of hydrogen-bond donors (Lipinski definition) is 1. The van der Waals surface area contributed by atoms with E-state index in [4.69, 9.17) is 0 Å². The van der Waals surface area contributed by atoms with Crippen LogP contribution < -0.4 is 5.32 Å². The van der Waals surface area contributed by atoms with E-state index in [9.17, 15) is 0 Å². The zero-order valence-electron chi connectivity index (χ0n) is 10.3. The molecular formula is C13H17N3S. The van der Waals surface area contributed by atoms with E-state index < -0.39 is 0 Å². The Morgan fingerprint density at radius 2 is 2.12 bits per heavy atom. The van der Waals surface area contributed by atoms with Gasteiger partial charge in [0.05, 0.1) is 5.39 Å². The second-order valence-electron chi connectivity index (χ2n) is 4.41. The predicted octanol–water partition coefficient (Wildman–Crippen LogP) is 3.17. The number of nitrogens with zero attached hydrogens (tertiary/aromatic N) is 2. The molecule has 1 N–H and O–H groups in total. The molecule has 2 aromatic heterocycles. The van der Waals surface area contributed by atoms with Gasteiger partial charge in [-0.05, 0) is 31.7 Å². The maximum Gasteiger partial charge on any atom is 0.138 e. The minimum absolute atomic E-state index is 0.900. The van der Waals surface area contributed by atoms with E-state index in [0.29, 0.717) is 0 Å². The van der Waals surface area contributed by atoms with Gasteiger partial charge in [0.1, 0.15) is 16.5 Å². The largest absolute Gasteiger partial charge is 0.370 e. The lowest BCUT2D eigenvalue weighted by Crippen LogP contribution is -2.04. The SMILES string of the molecule is CCNc1nc(CC)nc2sc3c(c12)CCC3. The van der Waals surface area contributed by atoms with Crippen molar-refractivity contribution in [3.8, 4) is 0 Å². The molecule has 0 radical (unpaired) electrons. The molecule has 3 nitrogen and oxygen atoms in total. The average Bonchev–Trinajstić information content (AvgIpc) is 2.88. The molecule has 0 spiro atoms. The van der Waals surface area contributed by atoms with Crippen LogP contribution in [0, 0.1) is 0 Å². The van der Waals surface area contributed by atoms with Crippen LogP contribution in [0.4, 0.5) is 5.82 Å². The number of aryl methyl sites for hydroxylation is 3. The highest BCUT2D eigenvalue weighted by atomic mass is 32.1. The van der Waals surface area contributed by atoms with Gasteiger partial charge in [-0.15, -0.1) is 11.3 Å². The summed E-state index contributed by atoms with van der Waals surface area (Å²) < 4.78 is 0. The molecule has 0 bridgehead atoms. The van der Waals surface area contributed by atoms with E-state index in [1.807, 2.05) is 11.3 Å². The van der Waals surface area contributed by atoms with Crippen molar-refractivity contribution in [2.45, 2.75) is 39.5 Å². The highest BCUT2D eigenvalue weighted by Crippen LogP contribution is 2.39. The first kappa shape index (κ1) is 11.0. The highest BCUT2D eigenvalue weighted by molar-refractivity contribution is 7.19. The monoisotopic (exact) mass is 247 g/mol. The Kier molecular flexibility index (Phi) is 2.74. The Morgan fingerprint density at radius 1 is 1.24 bits per heavy atom. The minimum Gasteiger partial charge on any atom is -0.370 e. The number of aromatic nitrogens is 2. The summed E-state index contributed by atoms with van der Waals surface area (Å²) >= 11 is 1.86. The van der Waals surface area contributed by atoms with Gasteiger partial charge < -0.3 is 5.32 Å². The Balaban J connectivity index is 2.25. The van der Waals surface area contributed by atoms with Gasteiger partial charge in [0.15, 0.2) is 0 Å². The lowest BCUT2D eigenvalue weighted by molar-refractivity contribution is 0.915. The highest BCUT2D eigenvalue weighted by Gasteiger charge is 2.21. The number of nitrogens with one attached hydrogen (secondary N) is 1. The number of thiophene rings is 1. The van der Waals surface area contributed by atoms with Crippen LogP contribution in [0.5, 0.6) is 0 Å². The lowest BCUT2D eigenvalue weighted by atomic mass is 10.2. The Morgan fingerprint density at radius 3 is 2.88 bits per heavy atom. The van der Waals surface area contributed by atoms with Crippen LogP contribution in [-0.4, -0.2) is 16.5 Å². The van der Waals surface area contributed by atoms with Gasteiger partial charge in [-0.25, -0.2) is 9.97 Å². The number of rotatable bonds is 3. The summed E-state index contributed by atoms with van der Waals surface area (Å²) in [6.07, 6.45) is 4.61. The first-order chi connectivity index (χ1) is 8.33. The number of hydrogen-bond acceptors (Lipinski definition) is 4. The average molecular weight is 247 g/mol. The molecule has 2 heterocycles. The summed E-state index contributed by atoms with van der Waals surface area (Å²) in [5, 5.41) is 4.69. The molecule has 3 rings (SSSR count). The second kappa shape index (κ2) is 4.26. The van der Waals surface area contributed by atoms with Crippen molar-refractivity contribution in [3.05, 3.63) is 16.3 Å². The molecule has 0 saturated carbocycles. The van der Waals surface area contributed by atoms with Crippen molar-refractivity contribution in [3.63, 3.8) is 0 Å². The fraction of sp³-hybridized carbons (Fsp3) is 0.538. The summed E-state index contributed by atoms with van der Waals surface area (Å²) in [6.45, 7) is 5.14. The summed E-state index contributed by atoms with van der Waals surface area (Å²) in [4.78, 5) is 12.0. The van der Waals surface area contributed by atoms with Crippen molar-refractivity contribution in [1.29, 1.82) is 0 Å². The van der Waals surface area contributed by atoms with Crippen LogP contribution in [-0.2, 0) is 19.3 Å². The van der Waals surface area contributed by atoms with Crippen molar-refractivity contribution in [1.82, 2.24) is 9.97 Å². The molecule has 4 heteroatoms. The van der Waals surface area contributed by atoms with Gasteiger partial charge in [-0.3, -0.25) is 0 Å². The molecule has 0 unspecified atom stereocenters. The van der Waals surface area contributed by atoms with Crippen LogP contribution in [0.25, 0.3) is 10.2 Å². The summed E-state index contributed by atoms with van der Waals surface area (Å²) in [7, 11) is 0. The zero-order chi connectivity index (χ0) is 11.8. The van der Waals surface area contributed by atoms with Gasteiger partial charge in [0, 0.05) is 17.8 Å². The summed E-state index contributed by atoms with van der Waals surface area (Å²) in [6, 6.07) is 0. The van der Waals surface area contributed by atoms with Crippen LogP contribution in [0.15, 0.2) is 0 Å². The van der Waals surface area contributed by atoms with E-state index in [0.717, 1.165) is 24.6 Å². The molecule has 0 fully saturated rings. The molecule has 0 saturated heterocycles. The third-order valence-corrected chi connectivity index (χ3v) is 4.46. The summed E-state index contributed by atoms with van der Waals surface area (Å²) in [5.41, 5.74) is 1.50. The third kappa shape index (κ3) is 1.71. The van der Waals surface area contributed by atoms with Crippen molar-refractivity contribution in [2.24, 2.45) is 0 Å². The third-order valence-electron chi connectivity index (χ3n) is 3.27. The van der Waals surface area contributed by atoms with Crippen molar-refractivity contribution >= 4 is 27.4 Å². The first-order valence-corrected chi connectivity index (χ1v) is 7.20. The second-order valence-corrected chi connectivity index (χ2v) is 5.49. The topological polar surface area (TPSA) is 37.8 Å². The van der Waals surface area contributed by atoms with Gasteiger partial charge in [-0.1, -0.05) is 6.92 Å². The van der Waals surface area contributed by atoms with Gasteiger partial charge in [0.25, 0.3) is 0 Å². The molecule has 0 aliphatic heterocycles. The number of anilines is 1. The molecule has 1 aliphatic rings. The predicted molar refractivity (Wildman–Crippen MR) is 73.0 cm³/mol. The van der Waals surface area contributed by atoms with E-state index in [1.165, 1.54) is 39.9 Å². The number of fused-ring (bicyclic) bond motifs is 3. The maximum atomic E-state index is 4.67. The van der Waals surface area contributed by atoms with Gasteiger partial charge in [0.2, 0.25) is 0 Å². The Hall–Kier alpha value is -1.16. The zero-order valence-corrected chi connectivity index (χ0v) is 11.2. The van der Waals surface area contributed by atoms with Gasteiger partial charge in [-0.2, -0.15) is 0 Å². The van der Waals surface area contributed by atoms with E-state index in [2.05, 4.69) is 29.1 Å². The van der Waals surface area contributed by atoms with Gasteiger partial charge >= 0.3 is 0 Å². The molecule has 0 atom stereocenters. The Bertz CT molecular complexity index is 559. The van der Waals surface area contributed by atoms with E-state index in [-0.39, 0.29) is 0 Å². The normalized spacial score (nSPS) is 14.2. The molecule has 1 aliphatic carbocycles. The first-order valence-electron chi connectivity index (χ1n) is 6.38. The lowest BCUT2D eigenvalue weighted by Gasteiger charge is -2.07. The fourth-order valence-electron chi connectivity index (χ4n) is 2.49. The maximum absolute atomic E-state index is 4.67. The Labute approximate surface area is 105 Å². The summed E-state index contributed by atoms with van der Waals surface area (Å²) in [5.74, 6) is 2.00. The molecule has 0 amide bonds. The quantitative estimate of drug-likeness (QED) is 0.905. The van der Waals surface area contributed by atoms with E-state index >= 15 is 0 Å². The molecule has 90 valence electrons. The molecule has 2 aromatic rings. The molecule has 0 aromatic carbocycles. The van der Waals surface area contributed by atoms with Crippen LogP contribution in [0.2, 0.25) is 0 Å². The van der Waals surface area contributed by atoms with E-state index in [1.54, 1.807) is 0 Å². The fourth-order valence-corrected chi connectivity index (χ4v) is 3.77. The van der Waals surface area contributed by atoms with Crippen LogP contribution >= 0.6 is 11.3 Å².